The fraction of sp³-hybridized carbons (Fsp3) is 0.154. The lowest BCUT2D eigenvalue weighted by atomic mass is 10.0. The molecule has 0 saturated carbocycles. The maximum absolute atomic E-state index is 6.30. The molecule has 0 unspecified atom stereocenters. The molecule has 0 aliphatic carbocycles. The van der Waals surface area contributed by atoms with Crippen LogP contribution in [-0.2, 0) is 0 Å². The summed E-state index contributed by atoms with van der Waals surface area (Å²) in [5, 5.41) is 4.99. The van der Waals surface area contributed by atoms with Crippen LogP contribution in [0, 0.1) is 13.8 Å². The summed E-state index contributed by atoms with van der Waals surface area (Å²) < 4.78 is 2.21. The molecule has 2 aromatic heterocycles. The predicted octanol–water partition coefficient (Wildman–Crippen LogP) is 6.32. The molecule has 0 amide bonds. The SMILES string of the molecule is Cc1cccc(N2C(=S)N[C@@H](c3ccccn3)[C@H]2c2cccn2-c2ccc(Cl)c(C)c2)c1. The van der Waals surface area contributed by atoms with Gasteiger partial charge in [-0.25, -0.2) is 0 Å². The summed E-state index contributed by atoms with van der Waals surface area (Å²) in [7, 11) is 0. The zero-order valence-corrected chi connectivity index (χ0v) is 19.4. The number of benzene rings is 2. The molecule has 5 rings (SSSR count). The van der Waals surface area contributed by atoms with E-state index < -0.39 is 0 Å². The van der Waals surface area contributed by atoms with Gasteiger partial charge < -0.3 is 14.8 Å². The summed E-state index contributed by atoms with van der Waals surface area (Å²) in [6.07, 6.45) is 3.91. The number of anilines is 1. The highest BCUT2D eigenvalue weighted by Gasteiger charge is 2.42. The predicted molar refractivity (Wildman–Crippen MR) is 135 cm³/mol. The third-order valence-corrected chi connectivity index (χ3v) is 6.62. The van der Waals surface area contributed by atoms with Crippen LogP contribution in [0.3, 0.4) is 0 Å². The van der Waals surface area contributed by atoms with Crippen LogP contribution in [0.15, 0.2) is 85.2 Å². The molecule has 4 nitrogen and oxygen atoms in total. The van der Waals surface area contributed by atoms with Crippen LogP contribution in [0.4, 0.5) is 5.69 Å². The van der Waals surface area contributed by atoms with Gasteiger partial charge in [-0.3, -0.25) is 4.98 Å². The molecule has 0 spiro atoms. The van der Waals surface area contributed by atoms with Crippen LogP contribution < -0.4 is 10.2 Å². The van der Waals surface area contributed by atoms with E-state index in [1.807, 2.05) is 43.5 Å². The number of aryl methyl sites for hydroxylation is 2. The second-order valence-corrected chi connectivity index (χ2v) is 8.87. The number of hydrogen-bond donors (Lipinski definition) is 1. The molecule has 3 heterocycles. The molecule has 2 atom stereocenters. The van der Waals surface area contributed by atoms with Gasteiger partial charge in [0, 0.05) is 34.5 Å². The molecule has 1 fully saturated rings. The third kappa shape index (κ3) is 3.68. The summed E-state index contributed by atoms with van der Waals surface area (Å²) in [5.74, 6) is 0. The first-order chi connectivity index (χ1) is 15.5. The minimum Gasteiger partial charge on any atom is -0.351 e. The second-order valence-electron chi connectivity index (χ2n) is 8.07. The Labute approximate surface area is 198 Å². The van der Waals surface area contributed by atoms with E-state index in [1.54, 1.807) is 0 Å². The van der Waals surface area contributed by atoms with Gasteiger partial charge in [-0.15, -0.1) is 0 Å². The Bertz CT molecular complexity index is 1280. The van der Waals surface area contributed by atoms with Crippen LogP contribution in [0.25, 0.3) is 5.69 Å². The zero-order chi connectivity index (χ0) is 22.2. The number of hydrogen-bond acceptors (Lipinski definition) is 2. The number of nitrogens with one attached hydrogen (secondary N) is 1. The van der Waals surface area contributed by atoms with Gasteiger partial charge in [0.15, 0.2) is 5.11 Å². The molecule has 160 valence electrons. The highest BCUT2D eigenvalue weighted by atomic mass is 35.5. The molecule has 0 radical (unpaired) electrons. The van der Waals surface area contributed by atoms with Crippen LogP contribution in [0.2, 0.25) is 5.02 Å². The maximum atomic E-state index is 6.30. The number of pyridine rings is 1. The fourth-order valence-electron chi connectivity index (χ4n) is 4.36. The second kappa shape index (κ2) is 8.41. The standard InChI is InChI=1S/C26H23ClN4S/c1-17-7-5-8-20(15-17)31-25(24(29-26(31)32)22-9-3-4-13-28-22)23-10-6-14-30(23)19-11-12-21(27)18(2)16-19/h3-16,24-25H,1-2H3,(H,29,32)/t24-,25+/m0/s1. The van der Waals surface area contributed by atoms with Gasteiger partial charge in [-0.05, 0) is 91.8 Å². The van der Waals surface area contributed by atoms with E-state index in [-0.39, 0.29) is 12.1 Å². The lowest BCUT2D eigenvalue weighted by Crippen LogP contribution is -2.30. The van der Waals surface area contributed by atoms with Crippen molar-refractivity contribution in [2.75, 3.05) is 4.90 Å². The Morgan fingerprint density at radius 2 is 1.81 bits per heavy atom. The first-order valence-corrected chi connectivity index (χ1v) is 11.3. The van der Waals surface area contributed by atoms with E-state index in [9.17, 15) is 0 Å². The number of rotatable bonds is 4. The third-order valence-electron chi connectivity index (χ3n) is 5.88. The minimum absolute atomic E-state index is 0.0785. The summed E-state index contributed by atoms with van der Waals surface area (Å²) in [6.45, 7) is 4.12. The Hall–Kier alpha value is -3.15. The molecular weight excluding hydrogens is 436 g/mol. The van der Waals surface area contributed by atoms with Crippen LogP contribution in [0.1, 0.15) is 34.6 Å². The summed E-state index contributed by atoms with van der Waals surface area (Å²) in [4.78, 5) is 6.86. The first-order valence-electron chi connectivity index (χ1n) is 10.5. The Morgan fingerprint density at radius 3 is 2.56 bits per heavy atom. The first kappa shape index (κ1) is 20.7. The smallest absolute Gasteiger partial charge is 0.174 e. The number of aromatic nitrogens is 2. The number of nitrogens with zero attached hydrogens (tertiary/aromatic N) is 3. The van der Waals surface area contributed by atoms with Crippen molar-refractivity contribution in [3.05, 3.63) is 113 Å². The highest BCUT2D eigenvalue weighted by Crippen LogP contribution is 2.42. The molecule has 0 bridgehead atoms. The van der Waals surface area contributed by atoms with Gasteiger partial charge in [0.05, 0.1) is 11.7 Å². The van der Waals surface area contributed by atoms with Crippen molar-refractivity contribution in [3.63, 3.8) is 0 Å². The van der Waals surface area contributed by atoms with Gasteiger partial charge in [0.1, 0.15) is 6.04 Å². The van der Waals surface area contributed by atoms with E-state index >= 15 is 0 Å². The zero-order valence-electron chi connectivity index (χ0n) is 17.9. The topological polar surface area (TPSA) is 33.1 Å². The van der Waals surface area contributed by atoms with Crippen molar-refractivity contribution >= 4 is 34.6 Å². The van der Waals surface area contributed by atoms with E-state index in [4.69, 9.17) is 23.8 Å². The van der Waals surface area contributed by atoms with Crippen LogP contribution in [0.5, 0.6) is 0 Å². The minimum atomic E-state index is -0.0914. The van der Waals surface area contributed by atoms with Gasteiger partial charge in [-0.1, -0.05) is 29.8 Å². The maximum Gasteiger partial charge on any atom is 0.174 e. The lowest BCUT2D eigenvalue weighted by molar-refractivity contribution is 0.549. The molecule has 2 aromatic carbocycles. The molecule has 1 aliphatic heterocycles. The average molecular weight is 459 g/mol. The molecule has 1 aliphatic rings. The molecule has 1 saturated heterocycles. The van der Waals surface area contributed by atoms with E-state index in [2.05, 4.69) is 75.4 Å². The number of halogens is 1. The lowest BCUT2D eigenvalue weighted by Gasteiger charge is -2.29. The Balaban J connectivity index is 1.68. The molecular formula is C26H23ClN4S. The molecule has 4 aromatic rings. The van der Waals surface area contributed by atoms with Crippen molar-refractivity contribution in [3.8, 4) is 5.69 Å². The number of thiocarbonyl (C=S) groups is 1. The Morgan fingerprint density at radius 1 is 0.938 bits per heavy atom. The summed E-state index contributed by atoms with van der Waals surface area (Å²) >= 11 is 12.1. The van der Waals surface area contributed by atoms with E-state index in [0.29, 0.717) is 5.11 Å². The van der Waals surface area contributed by atoms with E-state index in [1.165, 1.54) is 5.56 Å². The summed E-state index contributed by atoms with van der Waals surface area (Å²) in [5.41, 5.74) is 6.43. The van der Waals surface area contributed by atoms with Gasteiger partial charge >= 0.3 is 0 Å². The van der Waals surface area contributed by atoms with Gasteiger partial charge in [0.2, 0.25) is 0 Å². The largest absolute Gasteiger partial charge is 0.351 e. The molecule has 32 heavy (non-hydrogen) atoms. The molecule has 6 heteroatoms. The fourth-order valence-corrected chi connectivity index (χ4v) is 4.82. The van der Waals surface area contributed by atoms with Crippen LogP contribution in [-0.4, -0.2) is 14.7 Å². The normalized spacial score (nSPS) is 18.1. The van der Waals surface area contributed by atoms with Crippen molar-refractivity contribution in [1.29, 1.82) is 0 Å². The highest BCUT2D eigenvalue weighted by molar-refractivity contribution is 7.80. The van der Waals surface area contributed by atoms with Crippen molar-refractivity contribution in [1.82, 2.24) is 14.9 Å². The van der Waals surface area contributed by atoms with Crippen molar-refractivity contribution in [2.24, 2.45) is 0 Å². The quantitative estimate of drug-likeness (QED) is 0.363. The van der Waals surface area contributed by atoms with Crippen LogP contribution >= 0.6 is 23.8 Å². The van der Waals surface area contributed by atoms with Gasteiger partial charge in [0.25, 0.3) is 0 Å². The monoisotopic (exact) mass is 458 g/mol. The van der Waals surface area contributed by atoms with E-state index in [0.717, 1.165) is 33.3 Å². The average Bonchev–Trinajstić information content (AvgIpc) is 3.40. The molecule has 1 N–H and O–H groups in total. The Kier molecular flexibility index (Phi) is 5.45. The van der Waals surface area contributed by atoms with Crippen molar-refractivity contribution in [2.45, 2.75) is 25.9 Å². The van der Waals surface area contributed by atoms with Gasteiger partial charge in [-0.2, -0.15) is 0 Å². The summed E-state index contributed by atoms with van der Waals surface area (Å²) in [6, 6.07) is 24.6. The van der Waals surface area contributed by atoms with Crippen molar-refractivity contribution < 1.29 is 0 Å².